The highest BCUT2D eigenvalue weighted by molar-refractivity contribution is 7.92. The van der Waals surface area contributed by atoms with Gasteiger partial charge in [0, 0.05) is 0 Å². The minimum absolute atomic E-state index is 0.221. The molecule has 1 aromatic carbocycles. The molecule has 1 rings (SSSR count). The van der Waals surface area contributed by atoms with Crippen molar-refractivity contribution in [2.45, 2.75) is 49.1 Å². The maximum absolute atomic E-state index is 13.0. The first kappa shape index (κ1) is 17.0. The second-order valence-electron chi connectivity index (χ2n) is 4.83. The third kappa shape index (κ3) is 2.83. The lowest BCUT2D eigenvalue weighted by Crippen LogP contribution is -2.41. The molecule has 3 nitrogen and oxygen atoms in total. The van der Waals surface area contributed by atoms with E-state index < -0.39 is 38.8 Å². The largest absolute Gasteiger partial charge is 0.421 e. The molecule has 0 aliphatic rings. The first-order valence-corrected chi connectivity index (χ1v) is 7.65. The predicted octanol–water partition coefficient (Wildman–Crippen LogP) is 3.03. The van der Waals surface area contributed by atoms with E-state index in [2.05, 4.69) is 0 Å². The van der Waals surface area contributed by atoms with E-state index in [1.807, 2.05) is 0 Å². The fourth-order valence-electron chi connectivity index (χ4n) is 1.77. The van der Waals surface area contributed by atoms with Gasteiger partial charge < -0.3 is 5.11 Å². The predicted molar refractivity (Wildman–Crippen MR) is 69.0 cm³/mol. The summed E-state index contributed by atoms with van der Waals surface area (Å²) in [4.78, 5) is -0.221. The van der Waals surface area contributed by atoms with Gasteiger partial charge in [-0.3, -0.25) is 0 Å². The Morgan fingerprint density at radius 2 is 1.80 bits per heavy atom. The van der Waals surface area contributed by atoms with Gasteiger partial charge in [-0.25, -0.2) is 8.42 Å². The van der Waals surface area contributed by atoms with Gasteiger partial charge in [0.1, 0.15) is 0 Å². The van der Waals surface area contributed by atoms with Crippen LogP contribution in [0.4, 0.5) is 13.2 Å². The van der Waals surface area contributed by atoms with E-state index in [4.69, 9.17) is 0 Å². The first-order valence-electron chi connectivity index (χ1n) is 6.10. The summed E-state index contributed by atoms with van der Waals surface area (Å²) in [7, 11) is -3.69. The Balaban J connectivity index is 3.45. The van der Waals surface area contributed by atoms with Gasteiger partial charge in [-0.1, -0.05) is 19.1 Å². The number of sulfone groups is 1. The van der Waals surface area contributed by atoms with E-state index in [9.17, 15) is 26.7 Å². The molecule has 0 radical (unpaired) electrons. The molecular formula is C13H17F3O3S. The van der Waals surface area contributed by atoms with Crippen LogP contribution in [0.15, 0.2) is 29.2 Å². The molecule has 0 amide bonds. The van der Waals surface area contributed by atoms with Crippen molar-refractivity contribution in [1.29, 1.82) is 0 Å². The van der Waals surface area contributed by atoms with Crippen LogP contribution in [-0.2, 0) is 15.4 Å². The average Bonchev–Trinajstić information content (AvgIpc) is 2.36. The molecule has 0 aliphatic heterocycles. The monoisotopic (exact) mass is 310 g/mol. The highest BCUT2D eigenvalue weighted by Gasteiger charge is 2.53. The number of hydrogen-bond donors (Lipinski definition) is 1. The molecule has 0 aliphatic carbocycles. The van der Waals surface area contributed by atoms with Crippen molar-refractivity contribution >= 4 is 9.84 Å². The highest BCUT2D eigenvalue weighted by atomic mass is 32.2. The fraction of sp³-hybridized carbons (Fsp3) is 0.538. The molecule has 0 aromatic heterocycles. The lowest BCUT2D eigenvalue weighted by molar-refractivity contribution is -0.267. The Bertz CT molecular complexity index is 579. The van der Waals surface area contributed by atoms with Crippen molar-refractivity contribution in [3.8, 4) is 0 Å². The molecule has 0 saturated heterocycles. The van der Waals surface area contributed by atoms with E-state index in [1.54, 1.807) is 0 Å². The topological polar surface area (TPSA) is 54.4 Å². The van der Waals surface area contributed by atoms with Crippen LogP contribution in [0.3, 0.4) is 0 Å². The van der Waals surface area contributed by atoms with Crippen LogP contribution in [0.25, 0.3) is 0 Å². The lowest BCUT2D eigenvalue weighted by atomic mass is 9.90. The summed E-state index contributed by atoms with van der Waals surface area (Å²) in [5, 5.41) is 9.09. The summed E-state index contributed by atoms with van der Waals surface area (Å²) in [5.74, 6) is 0. The molecule has 0 fully saturated rings. The maximum Gasteiger partial charge on any atom is 0.421 e. The molecule has 0 heterocycles. The van der Waals surface area contributed by atoms with Gasteiger partial charge >= 0.3 is 6.18 Å². The fourth-order valence-corrected chi connectivity index (χ4v) is 2.87. The van der Waals surface area contributed by atoms with Crippen LogP contribution in [-0.4, -0.2) is 25.0 Å². The molecule has 114 valence electrons. The SMILES string of the molecule is CCC(O)(c1cccc(S(=O)(=O)C(C)C)c1)C(F)(F)F. The third-order valence-corrected chi connectivity index (χ3v) is 5.39. The average molecular weight is 310 g/mol. The van der Waals surface area contributed by atoms with Crippen molar-refractivity contribution in [3.63, 3.8) is 0 Å². The number of rotatable bonds is 4. The molecule has 0 spiro atoms. The second-order valence-corrected chi connectivity index (χ2v) is 7.34. The molecule has 1 atom stereocenters. The van der Waals surface area contributed by atoms with E-state index in [0.29, 0.717) is 0 Å². The van der Waals surface area contributed by atoms with Gasteiger partial charge in [0.05, 0.1) is 10.1 Å². The van der Waals surface area contributed by atoms with Gasteiger partial charge in [-0.05, 0) is 38.0 Å². The molecule has 0 saturated carbocycles. The summed E-state index contributed by atoms with van der Waals surface area (Å²) in [6.07, 6.45) is -5.47. The Morgan fingerprint density at radius 1 is 1.25 bits per heavy atom. The van der Waals surface area contributed by atoms with Gasteiger partial charge in [-0.15, -0.1) is 0 Å². The number of aliphatic hydroxyl groups is 1. The molecule has 1 N–H and O–H groups in total. The van der Waals surface area contributed by atoms with Crippen molar-refractivity contribution in [3.05, 3.63) is 29.8 Å². The van der Waals surface area contributed by atoms with Crippen LogP contribution in [0.1, 0.15) is 32.8 Å². The first-order chi connectivity index (χ1) is 8.96. The minimum Gasteiger partial charge on any atom is -0.376 e. The van der Waals surface area contributed by atoms with Crippen LogP contribution < -0.4 is 0 Å². The molecule has 1 unspecified atom stereocenters. The summed E-state index contributed by atoms with van der Waals surface area (Å²) in [6, 6.07) is 4.41. The zero-order valence-electron chi connectivity index (χ0n) is 11.4. The van der Waals surface area contributed by atoms with E-state index in [0.717, 1.165) is 12.1 Å². The third-order valence-electron chi connectivity index (χ3n) is 3.24. The van der Waals surface area contributed by atoms with Gasteiger partial charge in [0.2, 0.25) is 0 Å². The molecule has 1 aromatic rings. The Morgan fingerprint density at radius 3 is 2.20 bits per heavy atom. The highest BCUT2D eigenvalue weighted by Crippen LogP contribution is 2.41. The summed E-state index contributed by atoms with van der Waals surface area (Å²) < 4.78 is 62.9. The van der Waals surface area contributed by atoms with Gasteiger partial charge in [-0.2, -0.15) is 13.2 Å². The summed E-state index contributed by atoms with van der Waals surface area (Å²) in [6.45, 7) is 4.08. The standard InChI is InChI=1S/C13H17F3O3S/c1-4-12(17,13(14,15)16)10-6-5-7-11(8-10)20(18,19)9(2)3/h5-9,17H,4H2,1-3H3. The number of benzene rings is 1. The lowest BCUT2D eigenvalue weighted by Gasteiger charge is -2.30. The van der Waals surface area contributed by atoms with Crippen molar-refractivity contribution in [1.82, 2.24) is 0 Å². The van der Waals surface area contributed by atoms with Crippen LogP contribution in [0.2, 0.25) is 0 Å². The molecular weight excluding hydrogens is 293 g/mol. The smallest absolute Gasteiger partial charge is 0.376 e. The molecule has 0 bridgehead atoms. The Labute approximate surface area is 116 Å². The molecule has 20 heavy (non-hydrogen) atoms. The Hall–Kier alpha value is -1.08. The normalized spacial score (nSPS) is 16.2. The van der Waals surface area contributed by atoms with E-state index >= 15 is 0 Å². The van der Waals surface area contributed by atoms with Crippen molar-refractivity contribution in [2.24, 2.45) is 0 Å². The number of halogens is 3. The van der Waals surface area contributed by atoms with Crippen molar-refractivity contribution < 1.29 is 26.7 Å². The number of alkyl halides is 3. The van der Waals surface area contributed by atoms with E-state index in [1.165, 1.54) is 32.9 Å². The quantitative estimate of drug-likeness (QED) is 0.930. The maximum atomic E-state index is 13.0. The summed E-state index contributed by atoms with van der Waals surface area (Å²) in [5.41, 5.74) is -3.51. The minimum atomic E-state index is -4.87. The van der Waals surface area contributed by atoms with Gasteiger partial charge in [0.15, 0.2) is 15.4 Å². The van der Waals surface area contributed by atoms with E-state index in [-0.39, 0.29) is 4.90 Å². The van der Waals surface area contributed by atoms with Gasteiger partial charge in [0.25, 0.3) is 0 Å². The molecule has 7 heteroatoms. The van der Waals surface area contributed by atoms with Crippen molar-refractivity contribution in [2.75, 3.05) is 0 Å². The van der Waals surface area contributed by atoms with Crippen LogP contribution >= 0.6 is 0 Å². The zero-order chi connectivity index (χ0) is 15.8. The summed E-state index contributed by atoms with van der Waals surface area (Å²) >= 11 is 0. The second kappa shape index (κ2) is 5.37. The van der Waals surface area contributed by atoms with Crippen LogP contribution in [0.5, 0.6) is 0 Å². The number of hydrogen-bond acceptors (Lipinski definition) is 3. The zero-order valence-corrected chi connectivity index (χ0v) is 12.2. The Kier molecular flexibility index (Phi) is 4.55. The van der Waals surface area contributed by atoms with Crippen LogP contribution in [0, 0.1) is 0 Å².